The second kappa shape index (κ2) is 5.94. The fourth-order valence-electron chi connectivity index (χ4n) is 3.36. The Morgan fingerprint density at radius 2 is 1.95 bits per heavy atom. The molecule has 1 heterocycles. The van der Waals surface area contributed by atoms with Crippen LogP contribution in [0.2, 0.25) is 0 Å². The molecule has 1 saturated carbocycles. The van der Waals surface area contributed by atoms with Crippen LogP contribution in [0.3, 0.4) is 0 Å². The molecule has 1 aromatic heterocycles. The van der Waals surface area contributed by atoms with Gasteiger partial charge in [-0.25, -0.2) is 0 Å². The Balaban J connectivity index is 1.89. The van der Waals surface area contributed by atoms with E-state index >= 15 is 0 Å². The third kappa shape index (κ3) is 2.70. The van der Waals surface area contributed by atoms with Crippen molar-refractivity contribution in [1.82, 2.24) is 4.98 Å². The molecule has 0 aliphatic heterocycles. The third-order valence-electron chi connectivity index (χ3n) is 4.65. The fraction of sp³-hybridized carbons (Fsp3) is 0.444. The average molecular weight is 283 g/mol. The summed E-state index contributed by atoms with van der Waals surface area (Å²) in [5, 5.41) is 1.07. The Bertz CT molecular complexity index is 639. The first-order valence-electron chi connectivity index (χ1n) is 7.66. The number of nitrogens with zero attached hydrogens (tertiary/aromatic N) is 1. The van der Waals surface area contributed by atoms with E-state index in [-0.39, 0.29) is 5.78 Å². The lowest BCUT2D eigenvalue weighted by atomic mass is 9.79. The van der Waals surface area contributed by atoms with Gasteiger partial charge in [-0.3, -0.25) is 9.78 Å². The highest BCUT2D eigenvalue weighted by atomic mass is 16.5. The fourth-order valence-corrected chi connectivity index (χ4v) is 3.36. The van der Waals surface area contributed by atoms with Crippen LogP contribution in [0.1, 0.15) is 37.7 Å². The first kappa shape index (κ1) is 14.2. The molecule has 1 aromatic carbocycles. The second-order valence-corrected chi connectivity index (χ2v) is 5.85. The van der Waals surface area contributed by atoms with Gasteiger partial charge >= 0.3 is 0 Å². The van der Waals surface area contributed by atoms with Crippen molar-refractivity contribution < 1.29 is 9.53 Å². The first-order chi connectivity index (χ1) is 10.2. The molecule has 0 radical (unpaired) electrons. The lowest BCUT2D eigenvalue weighted by molar-refractivity contribution is -0.144. The van der Waals surface area contributed by atoms with E-state index in [4.69, 9.17) is 4.74 Å². The first-order valence-corrected chi connectivity index (χ1v) is 7.66. The Labute approximate surface area is 125 Å². The van der Waals surface area contributed by atoms with Gasteiger partial charge in [0.2, 0.25) is 0 Å². The number of carbonyl (C=O) groups is 1. The normalized spacial score (nSPS) is 17.8. The lowest BCUT2D eigenvalue weighted by Gasteiger charge is -2.34. The number of ketones is 1. The van der Waals surface area contributed by atoms with Crippen LogP contribution in [0.4, 0.5) is 0 Å². The maximum atomic E-state index is 12.8. The van der Waals surface area contributed by atoms with Crippen LogP contribution in [0.15, 0.2) is 36.5 Å². The average Bonchev–Trinajstić information content (AvgIpc) is 2.56. The highest BCUT2D eigenvalue weighted by Gasteiger charge is 2.39. The van der Waals surface area contributed by atoms with Crippen LogP contribution < -0.4 is 0 Å². The van der Waals surface area contributed by atoms with Gasteiger partial charge in [0.05, 0.1) is 5.52 Å². The monoisotopic (exact) mass is 283 g/mol. The van der Waals surface area contributed by atoms with Crippen molar-refractivity contribution in [3.63, 3.8) is 0 Å². The summed E-state index contributed by atoms with van der Waals surface area (Å²) in [6.45, 7) is 0. The summed E-state index contributed by atoms with van der Waals surface area (Å²) in [5.74, 6) is 0.209. The molecule has 110 valence electrons. The van der Waals surface area contributed by atoms with Gasteiger partial charge < -0.3 is 4.74 Å². The number of hydrogen-bond acceptors (Lipinski definition) is 3. The number of carbonyl (C=O) groups excluding carboxylic acids is 1. The number of hydrogen-bond donors (Lipinski definition) is 0. The van der Waals surface area contributed by atoms with Crippen LogP contribution >= 0.6 is 0 Å². The standard InChI is InChI=1S/C18H21NO2/c1-21-18(10-5-2-6-11-18)17(20)13-14-9-12-19-16-8-4-3-7-15(14)16/h3-4,7-9,12H,2,5-6,10-11,13H2,1H3. The van der Waals surface area contributed by atoms with E-state index in [1.54, 1.807) is 13.3 Å². The summed E-state index contributed by atoms with van der Waals surface area (Å²) in [5.41, 5.74) is 1.42. The minimum absolute atomic E-state index is 0.209. The molecule has 3 rings (SSSR count). The molecule has 0 N–H and O–H groups in total. The molecule has 0 saturated heterocycles. The molecular weight excluding hydrogens is 262 g/mol. The van der Waals surface area contributed by atoms with Crippen molar-refractivity contribution in [1.29, 1.82) is 0 Å². The second-order valence-electron chi connectivity index (χ2n) is 5.85. The summed E-state index contributed by atoms with van der Waals surface area (Å²) in [6, 6.07) is 9.93. The molecule has 3 nitrogen and oxygen atoms in total. The van der Waals surface area contributed by atoms with Crippen molar-refractivity contribution in [3.8, 4) is 0 Å². The highest BCUT2D eigenvalue weighted by molar-refractivity contribution is 5.93. The van der Waals surface area contributed by atoms with Crippen LogP contribution in [0.25, 0.3) is 10.9 Å². The van der Waals surface area contributed by atoms with E-state index in [0.717, 1.165) is 42.1 Å². The summed E-state index contributed by atoms with van der Waals surface area (Å²) in [4.78, 5) is 17.2. The zero-order valence-electron chi connectivity index (χ0n) is 12.5. The van der Waals surface area contributed by atoms with E-state index in [1.807, 2.05) is 30.3 Å². The van der Waals surface area contributed by atoms with Crippen molar-refractivity contribution in [3.05, 3.63) is 42.1 Å². The topological polar surface area (TPSA) is 39.2 Å². The predicted molar refractivity (Wildman–Crippen MR) is 83.3 cm³/mol. The quantitative estimate of drug-likeness (QED) is 0.859. The number of para-hydroxylation sites is 1. The summed E-state index contributed by atoms with van der Waals surface area (Å²) in [6.07, 6.45) is 7.28. The van der Waals surface area contributed by atoms with E-state index in [2.05, 4.69) is 4.98 Å². The molecule has 0 bridgehead atoms. The molecule has 0 unspecified atom stereocenters. The molecule has 1 aliphatic carbocycles. The maximum Gasteiger partial charge on any atom is 0.168 e. The zero-order valence-corrected chi connectivity index (χ0v) is 12.5. The lowest BCUT2D eigenvalue weighted by Crippen LogP contribution is -2.43. The van der Waals surface area contributed by atoms with Gasteiger partial charge in [0.15, 0.2) is 5.78 Å². The number of rotatable bonds is 4. The number of pyridine rings is 1. The van der Waals surface area contributed by atoms with Gasteiger partial charge in [0, 0.05) is 25.1 Å². The Morgan fingerprint density at radius 3 is 2.71 bits per heavy atom. The molecule has 21 heavy (non-hydrogen) atoms. The van der Waals surface area contributed by atoms with Crippen LogP contribution in [0, 0.1) is 0 Å². The largest absolute Gasteiger partial charge is 0.370 e. The van der Waals surface area contributed by atoms with Crippen LogP contribution in [-0.4, -0.2) is 23.5 Å². The molecule has 2 aromatic rings. The SMILES string of the molecule is COC1(C(=O)Cc2ccnc3ccccc23)CCCCC1. The Morgan fingerprint density at radius 1 is 1.19 bits per heavy atom. The number of methoxy groups -OCH3 is 1. The van der Waals surface area contributed by atoms with Crippen LogP contribution in [-0.2, 0) is 16.0 Å². The maximum absolute atomic E-state index is 12.8. The van der Waals surface area contributed by atoms with Gasteiger partial charge in [-0.05, 0) is 30.5 Å². The summed E-state index contributed by atoms with van der Waals surface area (Å²) in [7, 11) is 1.67. The van der Waals surface area contributed by atoms with E-state index in [0.29, 0.717) is 6.42 Å². The molecule has 0 spiro atoms. The van der Waals surface area contributed by atoms with Crippen molar-refractivity contribution in [2.45, 2.75) is 44.1 Å². The minimum Gasteiger partial charge on any atom is -0.370 e. The van der Waals surface area contributed by atoms with Gasteiger partial charge in [-0.15, -0.1) is 0 Å². The van der Waals surface area contributed by atoms with Gasteiger partial charge in [0.1, 0.15) is 5.60 Å². The number of Topliss-reactive ketones (excluding diaryl/α,β-unsaturated/α-hetero) is 1. The number of aromatic nitrogens is 1. The number of benzene rings is 1. The number of fused-ring (bicyclic) bond motifs is 1. The minimum atomic E-state index is -0.567. The van der Waals surface area contributed by atoms with E-state index < -0.39 is 5.60 Å². The van der Waals surface area contributed by atoms with Gasteiger partial charge in [0.25, 0.3) is 0 Å². The molecule has 3 heteroatoms. The molecule has 1 aliphatic rings. The Kier molecular flexibility index (Phi) is 4.02. The van der Waals surface area contributed by atoms with Crippen molar-refractivity contribution in [2.24, 2.45) is 0 Å². The third-order valence-corrected chi connectivity index (χ3v) is 4.65. The molecular formula is C18H21NO2. The molecule has 0 atom stereocenters. The number of ether oxygens (including phenoxy) is 1. The summed E-state index contributed by atoms with van der Waals surface area (Å²) < 4.78 is 5.66. The highest BCUT2D eigenvalue weighted by Crippen LogP contribution is 2.33. The van der Waals surface area contributed by atoms with Gasteiger partial charge in [-0.2, -0.15) is 0 Å². The van der Waals surface area contributed by atoms with Crippen molar-refractivity contribution in [2.75, 3.05) is 7.11 Å². The van der Waals surface area contributed by atoms with E-state index in [1.165, 1.54) is 6.42 Å². The molecule has 0 amide bonds. The summed E-state index contributed by atoms with van der Waals surface area (Å²) >= 11 is 0. The molecule has 1 fully saturated rings. The van der Waals surface area contributed by atoms with Crippen LogP contribution in [0.5, 0.6) is 0 Å². The zero-order chi connectivity index (χ0) is 14.7. The predicted octanol–water partition coefficient (Wildman–Crippen LogP) is 3.70. The Hall–Kier alpha value is -1.74. The smallest absolute Gasteiger partial charge is 0.168 e. The van der Waals surface area contributed by atoms with Gasteiger partial charge in [-0.1, -0.05) is 37.5 Å². The van der Waals surface area contributed by atoms with E-state index in [9.17, 15) is 4.79 Å². The van der Waals surface area contributed by atoms with Crippen molar-refractivity contribution >= 4 is 16.7 Å².